The summed E-state index contributed by atoms with van der Waals surface area (Å²) in [7, 11) is 0. The first-order chi connectivity index (χ1) is 14.2. The molecule has 6 heteroatoms. The lowest BCUT2D eigenvalue weighted by molar-refractivity contribution is -0.135. The van der Waals surface area contributed by atoms with Crippen molar-refractivity contribution in [3.8, 4) is 5.75 Å². The Morgan fingerprint density at radius 1 is 0.800 bits per heavy atom. The minimum absolute atomic E-state index is 0.0744. The molecule has 150 valence electrons. The monoisotopic (exact) mass is 402 g/mol. The van der Waals surface area contributed by atoms with E-state index in [1.807, 2.05) is 32.9 Å². The predicted octanol–water partition coefficient (Wildman–Crippen LogP) is 4.66. The third kappa shape index (κ3) is 2.53. The number of fused-ring (bicyclic) bond motifs is 4. The van der Waals surface area contributed by atoms with E-state index in [2.05, 4.69) is 0 Å². The molecule has 0 radical (unpaired) electrons. The summed E-state index contributed by atoms with van der Waals surface area (Å²) in [6, 6.07) is 8.65. The van der Waals surface area contributed by atoms with Crippen molar-refractivity contribution in [1.82, 2.24) is 0 Å². The fourth-order valence-corrected chi connectivity index (χ4v) is 4.33. The lowest BCUT2D eigenvalue weighted by Crippen LogP contribution is -2.32. The van der Waals surface area contributed by atoms with Crippen molar-refractivity contribution in [3.63, 3.8) is 0 Å². The van der Waals surface area contributed by atoms with Gasteiger partial charge in [-0.05, 0) is 68.1 Å². The van der Waals surface area contributed by atoms with Gasteiger partial charge in [0.1, 0.15) is 22.5 Å². The van der Waals surface area contributed by atoms with Gasteiger partial charge in [0, 0.05) is 0 Å². The van der Waals surface area contributed by atoms with Crippen molar-refractivity contribution in [2.75, 3.05) is 0 Å². The Bertz CT molecular complexity index is 1470. The Morgan fingerprint density at radius 3 is 2.27 bits per heavy atom. The van der Waals surface area contributed by atoms with E-state index in [9.17, 15) is 14.4 Å². The number of rotatable bonds is 1. The van der Waals surface area contributed by atoms with Crippen LogP contribution in [0.15, 0.2) is 44.0 Å². The van der Waals surface area contributed by atoms with Gasteiger partial charge in [-0.2, -0.15) is 0 Å². The van der Waals surface area contributed by atoms with Crippen LogP contribution in [0.4, 0.5) is 0 Å². The predicted molar refractivity (Wildman–Crippen MR) is 110 cm³/mol. The third-order valence-electron chi connectivity index (χ3n) is 5.53. The summed E-state index contributed by atoms with van der Waals surface area (Å²) in [6.07, 6.45) is 0. The first kappa shape index (κ1) is 18.4. The standard InChI is InChI=1S/C24H18O6/c1-10-5-12(3)18-15(7-10)30-24(27)20(21(18)25)17-9-14-22(28-17)19-13(4)6-11(2)8-16(19)29-23(14)26/h5-9,20H,1-4H3. The van der Waals surface area contributed by atoms with Gasteiger partial charge in [0.2, 0.25) is 0 Å². The van der Waals surface area contributed by atoms with Crippen LogP contribution in [0.3, 0.4) is 0 Å². The van der Waals surface area contributed by atoms with Crippen molar-refractivity contribution in [3.05, 3.63) is 74.3 Å². The van der Waals surface area contributed by atoms with Crippen LogP contribution < -0.4 is 10.4 Å². The summed E-state index contributed by atoms with van der Waals surface area (Å²) in [6.45, 7) is 7.46. The molecule has 0 saturated carbocycles. The number of aryl methyl sites for hydroxylation is 4. The summed E-state index contributed by atoms with van der Waals surface area (Å²) in [5.41, 5.74) is 3.91. The quantitative estimate of drug-likeness (QED) is 0.199. The van der Waals surface area contributed by atoms with Crippen molar-refractivity contribution >= 4 is 33.7 Å². The van der Waals surface area contributed by atoms with Crippen molar-refractivity contribution in [1.29, 1.82) is 0 Å². The van der Waals surface area contributed by atoms with Gasteiger partial charge in [-0.15, -0.1) is 0 Å². The summed E-state index contributed by atoms with van der Waals surface area (Å²) in [4.78, 5) is 38.5. The van der Waals surface area contributed by atoms with E-state index >= 15 is 0 Å². The van der Waals surface area contributed by atoms with Gasteiger partial charge in [0.15, 0.2) is 17.3 Å². The highest BCUT2D eigenvalue weighted by molar-refractivity contribution is 6.18. The van der Waals surface area contributed by atoms with Crippen LogP contribution in [0, 0.1) is 27.7 Å². The van der Waals surface area contributed by atoms with Crippen LogP contribution in [0.25, 0.3) is 21.9 Å². The molecule has 4 aromatic rings. The maximum Gasteiger partial charge on any atom is 0.347 e. The average Bonchev–Trinajstić information content (AvgIpc) is 3.05. The van der Waals surface area contributed by atoms with Crippen molar-refractivity contribution < 1.29 is 23.2 Å². The van der Waals surface area contributed by atoms with Gasteiger partial charge in [-0.3, -0.25) is 9.59 Å². The smallest absolute Gasteiger partial charge is 0.347 e. The molecule has 3 heterocycles. The van der Waals surface area contributed by atoms with Crippen LogP contribution in [-0.2, 0) is 4.79 Å². The summed E-state index contributed by atoms with van der Waals surface area (Å²) in [5, 5.41) is 0.835. The Labute approximate surface area is 171 Å². The first-order valence-corrected chi connectivity index (χ1v) is 9.59. The molecule has 0 aliphatic carbocycles. The minimum Gasteiger partial charge on any atom is -0.459 e. The molecule has 0 N–H and O–H groups in total. The van der Waals surface area contributed by atoms with Crippen molar-refractivity contribution in [2.24, 2.45) is 0 Å². The second-order valence-electron chi connectivity index (χ2n) is 7.91. The number of ketones is 1. The second-order valence-corrected chi connectivity index (χ2v) is 7.91. The fourth-order valence-electron chi connectivity index (χ4n) is 4.33. The Morgan fingerprint density at radius 2 is 1.50 bits per heavy atom. The number of Topliss-reactive ketones (excluding diaryl/α,β-unsaturated/α-hetero) is 1. The number of carbonyl (C=O) groups excluding carboxylic acids is 2. The van der Waals surface area contributed by atoms with Gasteiger partial charge >= 0.3 is 11.6 Å². The second kappa shape index (κ2) is 6.16. The number of esters is 1. The number of carbonyl (C=O) groups is 2. The van der Waals surface area contributed by atoms with Crippen LogP contribution >= 0.6 is 0 Å². The topological polar surface area (TPSA) is 86.7 Å². The summed E-state index contributed by atoms with van der Waals surface area (Å²) in [5.74, 6) is -2.07. The minimum atomic E-state index is -1.27. The zero-order chi connectivity index (χ0) is 21.3. The zero-order valence-electron chi connectivity index (χ0n) is 16.9. The molecule has 2 aromatic carbocycles. The van der Waals surface area contributed by atoms with Gasteiger partial charge in [0.25, 0.3) is 0 Å². The Balaban J connectivity index is 1.75. The first-order valence-electron chi connectivity index (χ1n) is 9.59. The zero-order valence-corrected chi connectivity index (χ0v) is 16.9. The molecule has 2 aromatic heterocycles. The van der Waals surface area contributed by atoms with Gasteiger partial charge < -0.3 is 13.6 Å². The normalized spacial score (nSPS) is 16.2. The molecule has 6 nitrogen and oxygen atoms in total. The Hall–Kier alpha value is -3.67. The molecule has 0 amide bonds. The van der Waals surface area contributed by atoms with Crippen molar-refractivity contribution in [2.45, 2.75) is 33.6 Å². The molecule has 5 rings (SSSR count). The SMILES string of the molecule is Cc1cc(C)c2c(c1)OC(=O)C(c1cc3c(=O)oc4cc(C)cc(C)c4c3o1)C2=O. The van der Waals surface area contributed by atoms with Gasteiger partial charge in [0.05, 0.1) is 10.9 Å². The van der Waals surface area contributed by atoms with E-state index in [4.69, 9.17) is 13.6 Å². The summed E-state index contributed by atoms with van der Waals surface area (Å²) >= 11 is 0. The molecule has 0 saturated heterocycles. The van der Waals surface area contributed by atoms with E-state index in [-0.39, 0.29) is 16.9 Å². The Kier molecular flexibility index (Phi) is 3.77. The maximum atomic E-state index is 13.2. The number of benzene rings is 2. The highest BCUT2D eigenvalue weighted by Crippen LogP contribution is 2.38. The number of furan rings is 1. The lowest BCUT2D eigenvalue weighted by atomic mass is 9.89. The van der Waals surface area contributed by atoms with Crippen LogP contribution in [0.5, 0.6) is 5.75 Å². The largest absolute Gasteiger partial charge is 0.459 e. The lowest BCUT2D eigenvalue weighted by Gasteiger charge is -2.22. The van der Waals surface area contributed by atoms with E-state index in [0.717, 1.165) is 22.3 Å². The van der Waals surface area contributed by atoms with Gasteiger partial charge in [-0.1, -0.05) is 12.1 Å². The highest BCUT2D eigenvalue weighted by Gasteiger charge is 2.41. The molecule has 1 atom stereocenters. The van der Waals surface area contributed by atoms with E-state index < -0.39 is 23.3 Å². The highest BCUT2D eigenvalue weighted by atomic mass is 16.5. The fraction of sp³-hybridized carbons (Fsp3) is 0.208. The van der Waals surface area contributed by atoms with E-state index in [1.54, 1.807) is 19.1 Å². The van der Waals surface area contributed by atoms with E-state index in [1.165, 1.54) is 6.07 Å². The molecule has 1 unspecified atom stereocenters. The van der Waals surface area contributed by atoms with Crippen LogP contribution in [0.2, 0.25) is 0 Å². The molecule has 0 fully saturated rings. The average molecular weight is 402 g/mol. The molecular weight excluding hydrogens is 384 g/mol. The number of hydrogen-bond acceptors (Lipinski definition) is 6. The van der Waals surface area contributed by atoms with Crippen LogP contribution in [-0.4, -0.2) is 11.8 Å². The maximum absolute atomic E-state index is 13.2. The molecule has 1 aliphatic rings. The third-order valence-corrected chi connectivity index (χ3v) is 5.53. The summed E-state index contributed by atoms with van der Waals surface area (Å²) < 4.78 is 16.9. The number of ether oxygens (including phenoxy) is 1. The molecular formula is C24H18O6. The van der Waals surface area contributed by atoms with E-state index in [0.29, 0.717) is 22.1 Å². The molecule has 30 heavy (non-hydrogen) atoms. The molecule has 1 aliphatic heterocycles. The molecule has 0 bridgehead atoms. The molecule has 0 spiro atoms. The van der Waals surface area contributed by atoms with Gasteiger partial charge in [-0.25, -0.2) is 4.79 Å². The number of hydrogen-bond donors (Lipinski definition) is 0. The van der Waals surface area contributed by atoms with Crippen LogP contribution in [0.1, 0.15) is 44.3 Å².